The van der Waals surface area contributed by atoms with Gasteiger partial charge >= 0.3 is 0 Å². The third kappa shape index (κ3) is 2.58. The van der Waals surface area contributed by atoms with Gasteiger partial charge in [-0.1, -0.05) is 17.3 Å². The number of anilines is 1. The summed E-state index contributed by atoms with van der Waals surface area (Å²) < 4.78 is 4.82. The monoisotopic (exact) mass is 249 g/mol. The minimum absolute atomic E-state index is 0.296. The predicted molar refractivity (Wildman–Crippen MR) is 60.2 cm³/mol. The maximum absolute atomic E-state index is 12.0. The van der Waals surface area contributed by atoms with Gasteiger partial charge in [-0.15, -0.1) is 0 Å². The molecule has 1 amide bonds. The van der Waals surface area contributed by atoms with E-state index in [4.69, 9.17) is 4.52 Å². The van der Waals surface area contributed by atoms with E-state index < -0.39 is 17.8 Å². The number of nitrogens with zero attached hydrogens (tertiary/aromatic N) is 1. The number of nitrogens with one attached hydrogen (secondary N) is 1. The Labute approximate surface area is 104 Å². The molecule has 6 heteroatoms. The molecule has 1 aliphatic rings. The highest BCUT2D eigenvalue weighted by atomic mass is 16.5. The van der Waals surface area contributed by atoms with Crippen molar-refractivity contribution in [2.45, 2.75) is 19.8 Å². The number of carboxylic acid groups (broad SMARTS) is 1. The smallest absolute Gasteiger partial charge is 0.229 e. The minimum Gasteiger partial charge on any atom is -0.550 e. The van der Waals surface area contributed by atoms with E-state index in [0.29, 0.717) is 24.4 Å². The molecule has 1 aromatic heterocycles. The van der Waals surface area contributed by atoms with E-state index >= 15 is 0 Å². The lowest BCUT2D eigenvalue weighted by Crippen LogP contribution is -2.41. The number of carboxylic acids is 1. The molecule has 1 aromatic rings. The van der Waals surface area contributed by atoms with Gasteiger partial charge in [0.15, 0.2) is 5.82 Å². The molecule has 6 nitrogen and oxygen atoms in total. The molecule has 0 radical (unpaired) electrons. The van der Waals surface area contributed by atoms with Crippen LogP contribution < -0.4 is 10.4 Å². The first-order valence-corrected chi connectivity index (χ1v) is 5.68. The maximum atomic E-state index is 12.0. The molecule has 0 aromatic carbocycles. The molecule has 2 atom stereocenters. The number of carbonyl (C=O) groups is 2. The maximum Gasteiger partial charge on any atom is 0.229 e. The van der Waals surface area contributed by atoms with Gasteiger partial charge < -0.3 is 19.7 Å². The number of carbonyl (C=O) groups excluding carboxylic acids is 2. The highest BCUT2D eigenvalue weighted by Gasteiger charge is 2.30. The minimum atomic E-state index is -1.20. The van der Waals surface area contributed by atoms with Gasteiger partial charge in [0.05, 0.1) is 5.92 Å². The molecule has 0 bridgehead atoms. The topological polar surface area (TPSA) is 95.3 Å². The lowest BCUT2D eigenvalue weighted by atomic mass is 9.82. The summed E-state index contributed by atoms with van der Waals surface area (Å²) in [6, 6.07) is 1.57. The average Bonchev–Trinajstić information content (AvgIpc) is 2.74. The molecule has 96 valence electrons. The summed E-state index contributed by atoms with van der Waals surface area (Å²) in [5.74, 6) is -2.12. The van der Waals surface area contributed by atoms with Crippen molar-refractivity contribution in [2.75, 3.05) is 5.32 Å². The lowest BCUT2D eigenvalue weighted by Gasteiger charge is -2.27. The second-order valence-corrected chi connectivity index (χ2v) is 4.29. The van der Waals surface area contributed by atoms with E-state index in [1.165, 1.54) is 0 Å². The zero-order valence-corrected chi connectivity index (χ0v) is 9.88. The fourth-order valence-electron chi connectivity index (χ4n) is 2.01. The third-order valence-corrected chi connectivity index (χ3v) is 2.95. The second kappa shape index (κ2) is 5.03. The summed E-state index contributed by atoms with van der Waals surface area (Å²) in [6.07, 6.45) is 4.27. The fourth-order valence-corrected chi connectivity index (χ4v) is 2.01. The number of hydrogen-bond acceptors (Lipinski definition) is 5. The Morgan fingerprint density at radius 2 is 2.06 bits per heavy atom. The van der Waals surface area contributed by atoms with Crippen molar-refractivity contribution in [3.63, 3.8) is 0 Å². The molecule has 1 heterocycles. The SMILES string of the molecule is Cc1cc(NC(=O)[C@H]2CC=CC[C@@H]2C(=O)[O-])no1. The Morgan fingerprint density at radius 1 is 1.39 bits per heavy atom. The lowest BCUT2D eigenvalue weighted by molar-refractivity contribution is -0.313. The summed E-state index contributed by atoms with van der Waals surface area (Å²) in [5.41, 5.74) is 0. The summed E-state index contributed by atoms with van der Waals surface area (Å²) in [6.45, 7) is 1.70. The van der Waals surface area contributed by atoms with Crippen LogP contribution in [-0.2, 0) is 9.59 Å². The molecule has 1 N–H and O–H groups in total. The highest BCUT2D eigenvalue weighted by molar-refractivity contribution is 5.94. The van der Waals surface area contributed by atoms with Gasteiger partial charge in [-0.3, -0.25) is 4.79 Å². The van der Waals surface area contributed by atoms with Gasteiger partial charge in [-0.05, 0) is 19.8 Å². The summed E-state index contributed by atoms with van der Waals surface area (Å²) in [7, 11) is 0. The molecule has 0 aliphatic heterocycles. The Balaban J connectivity index is 2.07. The molecule has 0 unspecified atom stereocenters. The van der Waals surface area contributed by atoms with Crippen molar-refractivity contribution < 1.29 is 19.2 Å². The van der Waals surface area contributed by atoms with Gasteiger partial charge in [0.1, 0.15) is 5.76 Å². The van der Waals surface area contributed by atoms with Crippen molar-refractivity contribution in [3.8, 4) is 0 Å². The molecule has 0 spiro atoms. The van der Waals surface area contributed by atoms with Gasteiger partial charge in [-0.2, -0.15) is 0 Å². The second-order valence-electron chi connectivity index (χ2n) is 4.29. The summed E-state index contributed by atoms with van der Waals surface area (Å²) in [4.78, 5) is 22.9. The van der Waals surface area contributed by atoms with E-state index in [2.05, 4.69) is 10.5 Å². The van der Waals surface area contributed by atoms with E-state index in [0.717, 1.165) is 0 Å². The van der Waals surface area contributed by atoms with Crippen molar-refractivity contribution in [2.24, 2.45) is 11.8 Å². The van der Waals surface area contributed by atoms with Crippen LogP contribution in [0.1, 0.15) is 18.6 Å². The normalized spacial score (nSPS) is 22.7. The first-order valence-electron chi connectivity index (χ1n) is 5.68. The Hall–Kier alpha value is -2.11. The first kappa shape index (κ1) is 12.3. The number of aromatic nitrogens is 1. The molecule has 18 heavy (non-hydrogen) atoms. The third-order valence-electron chi connectivity index (χ3n) is 2.95. The number of rotatable bonds is 3. The zero-order chi connectivity index (χ0) is 13.1. The van der Waals surface area contributed by atoms with Crippen LogP contribution >= 0.6 is 0 Å². The van der Waals surface area contributed by atoms with E-state index in [1.54, 1.807) is 25.1 Å². The van der Waals surface area contributed by atoms with Crippen molar-refractivity contribution >= 4 is 17.7 Å². The van der Waals surface area contributed by atoms with Crippen molar-refractivity contribution in [3.05, 3.63) is 24.0 Å². The first-order chi connectivity index (χ1) is 8.58. The van der Waals surface area contributed by atoms with Crippen LogP contribution in [0.2, 0.25) is 0 Å². The van der Waals surface area contributed by atoms with Crippen molar-refractivity contribution in [1.82, 2.24) is 5.16 Å². The average molecular weight is 249 g/mol. The van der Waals surface area contributed by atoms with Crippen LogP contribution in [0.3, 0.4) is 0 Å². The number of aliphatic carboxylic acids is 1. The van der Waals surface area contributed by atoms with Crippen LogP contribution in [0.5, 0.6) is 0 Å². The molecule has 0 saturated heterocycles. The zero-order valence-electron chi connectivity index (χ0n) is 9.88. The van der Waals surface area contributed by atoms with E-state index in [1.807, 2.05) is 0 Å². The van der Waals surface area contributed by atoms with Crippen LogP contribution in [-0.4, -0.2) is 17.0 Å². The standard InChI is InChI=1S/C12H14N2O4/c1-7-6-10(14-18-7)13-11(15)8-4-2-3-5-9(8)12(16)17/h2-3,6,8-9H,4-5H2,1H3,(H,16,17)(H,13,14,15)/p-1/t8-,9-/m0/s1. The number of amides is 1. The summed E-state index contributed by atoms with van der Waals surface area (Å²) >= 11 is 0. The highest BCUT2D eigenvalue weighted by Crippen LogP contribution is 2.26. The van der Waals surface area contributed by atoms with E-state index in [-0.39, 0.29) is 5.91 Å². The Kier molecular flexibility index (Phi) is 3.45. The fraction of sp³-hybridized carbons (Fsp3) is 0.417. The predicted octanol–water partition coefficient (Wildman–Crippen LogP) is 0.254. The van der Waals surface area contributed by atoms with Gasteiger partial charge in [-0.25, -0.2) is 0 Å². The molecule has 0 saturated carbocycles. The van der Waals surface area contributed by atoms with Gasteiger partial charge in [0.2, 0.25) is 5.91 Å². The van der Waals surface area contributed by atoms with Crippen LogP contribution in [0.4, 0.5) is 5.82 Å². The molecule has 0 fully saturated rings. The molecule has 1 aliphatic carbocycles. The number of aryl methyl sites for hydroxylation is 1. The Morgan fingerprint density at radius 3 is 2.61 bits per heavy atom. The molecular weight excluding hydrogens is 236 g/mol. The van der Waals surface area contributed by atoms with Crippen LogP contribution in [0.25, 0.3) is 0 Å². The molecular formula is C12H13N2O4-. The Bertz CT molecular complexity index is 492. The van der Waals surface area contributed by atoms with Crippen LogP contribution in [0, 0.1) is 18.8 Å². The van der Waals surface area contributed by atoms with Crippen LogP contribution in [0.15, 0.2) is 22.7 Å². The van der Waals surface area contributed by atoms with Gasteiger partial charge in [0.25, 0.3) is 0 Å². The number of hydrogen-bond donors (Lipinski definition) is 1. The van der Waals surface area contributed by atoms with Gasteiger partial charge in [0, 0.05) is 18.0 Å². The summed E-state index contributed by atoms with van der Waals surface area (Å²) in [5, 5.41) is 17.1. The van der Waals surface area contributed by atoms with E-state index in [9.17, 15) is 14.7 Å². The quantitative estimate of drug-likeness (QED) is 0.775. The largest absolute Gasteiger partial charge is 0.550 e. The van der Waals surface area contributed by atoms with Crippen molar-refractivity contribution in [1.29, 1.82) is 0 Å². The molecule has 2 rings (SSSR count). The number of allylic oxidation sites excluding steroid dienone is 2.